The van der Waals surface area contributed by atoms with Crippen LogP contribution < -0.4 is 5.32 Å². The molecule has 0 aromatic heterocycles. The second kappa shape index (κ2) is 7.74. The third kappa shape index (κ3) is 6.43. The maximum atomic E-state index is 11.2. The van der Waals surface area contributed by atoms with Crippen molar-refractivity contribution < 1.29 is 4.79 Å². The van der Waals surface area contributed by atoms with Crippen molar-refractivity contribution in [3.05, 3.63) is 30.3 Å². The van der Waals surface area contributed by atoms with E-state index in [2.05, 4.69) is 5.32 Å². The monoisotopic (exact) mass is 206 g/mol. The van der Waals surface area contributed by atoms with Crippen LogP contribution >= 0.6 is 0 Å². The van der Waals surface area contributed by atoms with Crippen LogP contribution in [0.25, 0.3) is 0 Å². The Hall–Kier alpha value is -1.64. The fourth-order valence-corrected chi connectivity index (χ4v) is 0.968. The highest BCUT2D eigenvalue weighted by Gasteiger charge is 2.01. The largest absolute Gasteiger partial charge is 0.326 e. The molecule has 15 heavy (non-hydrogen) atoms. The molecule has 0 aliphatic rings. The third-order valence-corrected chi connectivity index (χ3v) is 1.48. The molecule has 0 saturated heterocycles. The van der Waals surface area contributed by atoms with Gasteiger partial charge in [0.05, 0.1) is 6.42 Å². The Morgan fingerprint density at radius 3 is 2.27 bits per heavy atom. The second-order valence-corrected chi connectivity index (χ2v) is 2.87. The summed E-state index contributed by atoms with van der Waals surface area (Å²) < 4.78 is 0. The Bertz CT molecular complexity index is 307. The predicted molar refractivity (Wildman–Crippen MR) is 64.4 cm³/mol. The van der Waals surface area contributed by atoms with E-state index in [9.17, 15) is 4.79 Å². The van der Waals surface area contributed by atoms with Crippen molar-refractivity contribution in [2.24, 2.45) is 0 Å². The van der Waals surface area contributed by atoms with Gasteiger partial charge in [-0.2, -0.15) is 0 Å². The highest BCUT2D eigenvalue weighted by Crippen LogP contribution is 2.05. The summed E-state index contributed by atoms with van der Waals surface area (Å²) in [6, 6.07) is 9.23. The molecule has 1 aromatic carbocycles. The third-order valence-electron chi connectivity index (χ3n) is 1.48. The standard InChI is InChI=1S/C10H12N2O.C2H6/c1-8(11)7-10(13)12-9-5-3-2-4-6-9;1-2/h2-6,11H,7H2,1H3,(H,12,13);1-2H3. The van der Waals surface area contributed by atoms with Crippen LogP contribution in [0.15, 0.2) is 30.3 Å². The Kier molecular flexibility index (Phi) is 6.89. The van der Waals surface area contributed by atoms with Crippen molar-refractivity contribution in [3.63, 3.8) is 0 Å². The molecule has 0 heterocycles. The van der Waals surface area contributed by atoms with E-state index in [-0.39, 0.29) is 12.3 Å². The fourth-order valence-electron chi connectivity index (χ4n) is 0.968. The summed E-state index contributed by atoms with van der Waals surface area (Å²) in [5.41, 5.74) is 1.14. The molecular formula is C12H18N2O. The van der Waals surface area contributed by atoms with Gasteiger partial charge in [-0.25, -0.2) is 0 Å². The SMILES string of the molecule is CC.CC(=N)CC(=O)Nc1ccccc1. The molecule has 0 saturated carbocycles. The first-order valence-electron chi connectivity index (χ1n) is 5.07. The average molecular weight is 206 g/mol. The molecule has 0 spiro atoms. The number of rotatable bonds is 3. The molecule has 1 amide bonds. The van der Waals surface area contributed by atoms with Crippen molar-refractivity contribution in [2.45, 2.75) is 27.2 Å². The van der Waals surface area contributed by atoms with Crippen molar-refractivity contribution in [3.8, 4) is 0 Å². The smallest absolute Gasteiger partial charge is 0.230 e. The summed E-state index contributed by atoms with van der Waals surface area (Å²) in [5, 5.41) is 9.82. The van der Waals surface area contributed by atoms with Crippen LogP contribution in [0.3, 0.4) is 0 Å². The van der Waals surface area contributed by atoms with Gasteiger partial charge in [0.25, 0.3) is 0 Å². The lowest BCUT2D eigenvalue weighted by Crippen LogP contribution is -2.14. The van der Waals surface area contributed by atoms with E-state index >= 15 is 0 Å². The van der Waals surface area contributed by atoms with Crippen LogP contribution in [0.5, 0.6) is 0 Å². The molecule has 3 nitrogen and oxygen atoms in total. The van der Waals surface area contributed by atoms with E-state index in [0.29, 0.717) is 5.71 Å². The van der Waals surface area contributed by atoms with E-state index in [1.165, 1.54) is 0 Å². The topological polar surface area (TPSA) is 53.0 Å². The Balaban J connectivity index is 0.000000921. The lowest BCUT2D eigenvalue weighted by Gasteiger charge is -2.02. The van der Waals surface area contributed by atoms with Crippen LogP contribution in [0, 0.1) is 5.41 Å². The van der Waals surface area contributed by atoms with Gasteiger partial charge in [-0.05, 0) is 19.1 Å². The van der Waals surface area contributed by atoms with Gasteiger partial charge in [-0.15, -0.1) is 0 Å². The van der Waals surface area contributed by atoms with Gasteiger partial charge in [0.2, 0.25) is 5.91 Å². The van der Waals surface area contributed by atoms with E-state index < -0.39 is 0 Å². The minimum absolute atomic E-state index is 0.140. The summed E-state index contributed by atoms with van der Waals surface area (Å²) in [4.78, 5) is 11.2. The number of hydrogen-bond acceptors (Lipinski definition) is 2. The first-order valence-corrected chi connectivity index (χ1v) is 5.07. The molecule has 82 valence electrons. The highest BCUT2D eigenvalue weighted by atomic mass is 16.1. The number of para-hydroxylation sites is 1. The van der Waals surface area contributed by atoms with Crippen LogP contribution in [-0.4, -0.2) is 11.6 Å². The van der Waals surface area contributed by atoms with Gasteiger partial charge >= 0.3 is 0 Å². The van der Waals surface area contributed by atoms with Gasteiger partial charge in [0.15, 0.2) is 0 Å². The van der Waals surface area contributed by atoms with Crippen LogP contribution in [0.4, 0.5) is 5.69 Å². The molecule has 0 unspecified atom stereocenters. The van der Waals surface area contributed by atoms with Crippen molar-refractivity contribution in [1.82, 2.24) is 0 Å². The molecule has 3 heteroatoms. The minimum atomic E-state index is -0.140. The zero-order chi connectivity index (χ0) is 11.7. The van der Waals surface area contributed by atoms with Gasteiger partial charge < -0.3 is 10.7 Å². The summed E-state index contributed by atoms with van der Waals surface area (Å²) in [6.45, 7) is 5.62. The second-order valence-electron chi connectivity index (χ2n) is 2.87. The number of benzene rings is 1. The first kappa shape index (κ1) is 13.4. The molecule has 0 aliphatic carbocycles. The number of carbonyl (C=O) groups excluding carboxylic acids is 1. The van der Waals surface area contributed by atoms with E-state index in [1.807, 2.05) is 44.2 Å². The van der Waals surface area contributed by atoms with Crippen LogP contribution in [0.2, 0.25) is 0 Å². The van der Waals surface area contributed by atoms with Crippen molar-refractivity contribution in [1.29, 1.82) is 5.41 Å². The Labute approximate surface area is 91.0 Å². The molecular weight excluding hydrogens is 188 g/mol. The molecule has 1 rings (SSSR count). The van der Waals surface area contributed by atoms with Gasteiger partial charge in [0, 0.05) is 11.4 Å². The lowest BCUT2D eigenvalue weighted by atomic mass is 10.2. The molecule has 1 aromatic rings. The number of amides is 1. The van der Waals surface area contributed by atoms with Crippen molar-refractivity contribution >= 4 is 17.3 Å². The van der Waals surface area contributed by atoms with E-state index in [4.69, 9.17) is 5.41 Å². The van der Waals surface area contributed by atoms with Gasteiger partial charge in [-0.1, -0.05) is 32.0 Å². The summed E-state index contributed by atoms with van der Waals surface area (Å²) >= 11 is 0. The van der Waals surface area contributed by atoms with Crippen LogP contribution in [0.1, 0.15) is 27.2 Å². The number of hydrogen-bond donors (Lipinski definition) is 2. The summed E-state index contributed by atoms with van der Waals surface area (Å²) in [5.74, 6) is -0.140. The van der Waals surface area contributed by atoms with Crippen molar-refractivity contribution in [2.75, 3.05) is 5.32 Å². The van der Waals surface area contributed by atoms with Crippen LogP contribution in [-0.2, 0) is 4.79 Å². The molecule has 2 N–H and O–H groups in total. The first-order chi connectivity index (χ1) is 7.18. The van der Waals surface area contributed by atoms with Gasteiger partial charge in [-0.3, -0.25) is 4.79 Å². The van der Waals surface area contributed by atoms with E-state index in [1.54, 1.807) is 6.92 Å². The zero-order valence-corrected chi connectivity index (χ0v) is 9.50. The number of carbonyl (C=O) groups is 1. The molecule has 0 aliphatic heterocycles. The van der Waals surface area contributed by atoms with E-state index in [0.717, 1.165) is 5.69 Å². The quantitative estimate of drug-likeness (QED) is 0.734. The van der Waals surface area contributed by atoms with Gasteiger partial charge in [0.1, 0.15) is 0 Å². The zero-order valence-electron chi connectivity index (χ0n) is 9.50. The highest BCUT2D eigenvalue weighted by molar-refractivity contribution is 6.04. The molecule has 0 fully saturated rings. The fraction of sp³-hybridized carbons (Fsp3) is 0.333. The Morgan fingerprint density at radius 2 is 1.80 bits per heavy atom. The minimum Gasteiger partial charge on any atom is -0.326 e. The molecule has 0 atom stereocenters. The summed E-state index contributed by atoms with van der Waals surface area (Å²) in [6.07, 6.45) is 0.162. The average Bonchev–Trinajstić information content (AvgIpc) is 2.21. The maximum Gasteiger partial charge on any atom is 0.230 e. The Morgan fingerprint density at radius 1 is 1.27 bits per heavy atom. The normalized spacial score (nSPS) is 8.47. The predicted octanol–water partition coefficient (Wildman–Crippen LogP) is 3.08. The maximum absolute atomic E-state index is 11.2. The molecule has 0 radical (unpaired) electrons. The molecule has 0 bridgehead atoms. The number of nitrogens with one attached hydrogen (secondary N) is 2. The number of anilines is 1. The lowest BCUT2D eigenvalue weighted by molar-refractivity contribution is -0.115. The summed E-state index contributed by atoms with van der Waals surface area (Å²) in [7, 11) is 0.